The van der Waals surface area contributed by atoms with Crippen LogP contribution >= 0.6 is 0 Å². The molecule has 6 rings (SSSR count). The van der Waals surface area contributed by atoms with Crippen molar-refractivity contribution < 1.29 is 33.3 Å². The Kier molecular flexibility index (Phi) is 7.69. The lowest BCUT2D eigenvalue weighted by Gasteiger charge is -2.32. The normalized spacial score (nSPS) is 16.3. The van der Waals surface area contributed by atoms with Gasteiger partial charge in [0.2, 0.25) is 18.6 Å². The first-order chi connectivity index (χ1) is 20.5. The van der Waals surface area contributed by atoms with E-state index in [0.717, 1.165) is 12.8 Å². The Morgan fingerprint density at radius 3 is 2.67 bits per heavy atom. The Morgan fingerprint density at radius 2 is 1.88 bits per heavy atom. The second kappa shape index (κ2) is 11.9. The number of aromatic nitrogens is 3. The smallest absolute Gasteiger partial charge is 0.337 e. The van der Waals surface area contributed by atoms with E-state index in [2.05, 4.69) is 15.6 Å². The Morgan fingerprint density at radius 1 is 1.07 bits per heavy atom. The molecule has 0 aliphatic carbocycles. The van der Waals surface area contributed by atoms with Crippen molar-refractivity contribution in [3.8, 4) is 11.5 Å². The zero-order valence-corrected chi connectivity index (χ0v) is 22.9. The molecule has 0 spiro atoms. The molecule has 1 saturated heterocycles. The summed E-state index contributed by atoms with van der Waals surface area (Å²) >= 11 is 0. The van der Waals surface area contributed by atoms with Crippen LogP contribution in [0.25, 0.3) is 11.0 Å². The van der Waals surface area contributed by atoms with Crippen LogP contribution in [0.1, 0.15) is 34.8 Å². The number of para-hydroxylation sites is 1. The summed E-state index contributed by atoms with van der Waals surface area (Å²) in [5.74, 6) is -0.349. The maximum atomic E-state index is 14.2. The first-order valence-electron chi connectivity index (χ1n) is 13.6. The Bertz CT molecular complexity index is 1610. The van der Waals surface area contributed by atoms with Crippen molar-refractivity contribution in [2.75, 3.05) is 32.0 Å². The van der Waals surface area contributed by atoms with Crippen LogP contribution in [0.3, 0.4) is 0 Å². The number of nitrogens with one attached hydrogen (secondary N) is 1. The van der Waals surface area contributed by atoms with Gasteiger partial charge in [0.15, 0.2) is 11.5 Å². The quantitative estimate of drug-likeness (QED) is 0.301. The lowest BCUT2D eigenvalue weighted by Crippen LogP contribution is -2.46. The molecule has 2 atom stereocenters. The summed E-state index contributed by atoms with van der Waals surface area (Å²) < 4.78 is 23.1. The molecule has 1 N–H and O–H groups in total. The van der Waals surface area contributed by atoms with E-state index < -0.39 is 23.8 Å². The fourth-order valence-corrected chi connectivity index (χ4v) is 5.16. The molecule has 12 heteroatoms. The standard InChI is InChI=1S/C30H29N5O7/c1-39-30(38)20-10-8-19(9-11-20)28(29(37)31-16-22-5-4-14-40-22)35(21-12-13-25-26(15-21)42-18-41-25)27(36)17-34-24-7-3-2-6-23(24)32-33-34/h2-3,6-13,15,22,28H,4-5,14,16-18H2,1H3,(H,31,37)/t22-,28+/m1/s1. The summed E-state index contributed by atoms with van der Waals surface area (Å²) in [4.78, 5) is 41.8. The molecule has 3 heterocycles. The number of hydrogen-bond donors (Lipinski definition) is 1. The molecule has 42 heavy (non-hydrogen) atoms. The molecule has 1 aromatic heterocycles. The highest BCUT2D eigenvalue weighted by Gasteiger charge is 2.35. The average molecular weight is 572 g/mol. The predicted octanol–water partition coefficient (Wildman–Crippen LogP) is 3.02. The van der Waals surface area contributed by atoms with Crippen LogP contribution in [0, 0.1) is 0 Å². The van der Waals surface area contributed by atoms with Crippen molar-refractivity contribution >= 4 is 34.5 Å². The van der Waals surface area contributed by atoms with Gasteiger partial charge in [-0.15, -0.1) is 5.10 Å². The van der Waals surface area contributed by atoms with Crippen LogP contribution < -0.4 is 19.7 Å². The number of esters is 1. The largest absolute Gasteiger partial charge is 0.465 e. The minimum atomic E-state index is -1.11. The van der Waals surface area contributed by atoms with Crippen molar-refractivity contribution in [1.82, 2.24) is 20.3 Å². The minimum Gasteiger partial charge on any atom is -0.465 e. The highest BCUT2D eigenvalue weighted by atomic mass is 16.7. The van der Waals surface area contributed by atoms with Gasteiger partial charge in [0.1, 0.15) is 18.1 Å². The summed E-state index contributed by atoms with van der Waals surface area (Å²) in [5, 5.41) is 11.3. The number of carbonyl (C=O) groups excluding carboxylic acids is 3. The Labute approximate surface area is 241 Å². The lowest BCUT2D eigenvalue weighted by atomic mass is 10.0. The van der Waals surface area contributed by atoms with Crippen molar-refractivity contribution in [2.24, 2.45) is 0 Å². The topological polar surface area (TPSA) is 134 Å². The molecule has 0 unspecified atom stereocenters. The average Bonchev–Trinajstić information content (AvgIpc) is 3.80. The number of methoxy groups -OCH3 is 1. The van der Waals surface area contributed by atoms with Crippen LogP contribution in [0.2, 0.25) is 0 Å². The fourth-order valence-electron chi connectivity index (χ4n) is 5.16. The van der Waals surface area contributed by atoms with Crippen LogP contribution in [0.5, 0.6) is 11.5 Å². The van der Waals surface area contributed by atoms with Gasteiger partial charge in [0.25, 0.3) is 0 Å². The molecule has 4 aromatic rings. The molecule has 1 fully saturated rings. The number of ether oxygens (including phenoxy) is 4. The predicted molar refractivity (Wildman–Crippen MR) is 150 cm³/mol. The van der Waals surface area contributed by atoms with Crippen LogP contribution in [0.15, 0.2) is 66.7 Å². The number of benzene rings is 3. The molecule has 12 nitrogen and oxygen atoms in total. The van der Waals surface area contributed by atoms with E-state index in [0.29, 0.717) is 52.5 Å². The van der Waals surface area contributed by atoms with Crippen molar-refractivity contribution in [2.45, 2.75) is 31.5 Å². The lowest BCUT2D eigenvalue weighted by molar-refractivity contribution is -0.127. The van der Waals surface area contributed by atoms with E-state index in [1.54, 1.807) is 42.5 Å². The van der Waals surface area contributed by atoms with Gasteiger partial charge in [-0.3, -0.25) is 14.5 Å². The zero-order valence-electron chi connectivity index (χ0n) is 22.9. The van der Waals surface area contributed by atoms with Gasteiger partial charge in [-0.25, -0.2) is 9.48 Å². The van der Waals surface area contributed by atoms with Crippen LogP contribution in [-0.2, 0) is 25.6 Å². The third-order valence-electron chi connectivity index (χ3n) is 7.29. The summed E-state index contributed by atoms with van der Waals surface area (Å²) in [6, 6.07) is 17.7. The zero-order chi connectivity index (χ0) is 29.1. The van der Waals surface area contributed by atoms with Crippen LogP contribution in [0.4, 0.5) is 5.69 Å². The minimum absolute atomic E-state index is 0.0535. The van der Waals surface area contributed by atoms with Gasteiger partial charge in [-0.2, -0.15) is 0 Å². The number of amides is 2. The second-order valence-corrected chi connectivity index (χ2v) is 9.93. The second-order valence-electron chi connectivity index (χ2n) is 9.93. The van der Waals surface area contributed by atoms with Gasteiger partial charge in [0.05, 0.1) is 24.3 Å². The van der Waals surface area contributed by atoms with E-state index in [9.17, 15) is 14.4 Å². The molecule has 0 bridgehead atoms. The van der Waals surface area contributed by atoms with E-state index in [1.807, 2.05) is 24.3 Å². The fraction of sp³-hybridized carbons (Fsp3) is 0.300. The third kappa shape index (κ3) is 5.48. The molecule has 216 valence electrons. The van der Waals surface area contributed by atoms with E-state index in [-0.39, 0.29) is 19.4 Å². The van der Waals surface area contributed by atoms with Gasteiger partial charge in [-0.1, -0.05) is 29.5 Å². The first-order valence-corrected chi connectivity index (χ1v) is 13.6. The van der Waals surface area contributed by atoms with Crippen molar-refractivity contribution in [3.63, 3.8) is 0 Å². The molecule has 2 amide bonds. The van der Waals surface area contributed by atoms with Gasteiger partial charge >= 0.3 is 5.97 Å². The SMILES string of the molecule is COC(=O)c1ccc([C@@H](C(=O)NC[C@H]2CCCO2)N(C(=O)Cn2nnc3ccccc32)c2ccc3c(c2)OCO3)cc1. The van der Waals surface area contributed by atoms with E-state index in [4.69, 9.17) is 18.9 Å². The molecular weight excluding hydrogens is 542 g/mol. The number of fused-ring (bicyclic) bond motifs is 2. The number of nitrogens with zero attached hydrogens (tertiary/aromatic N) is 4. The number of rotatable bonds is 9. The highest BCUT2D eigenvalue weighted by molar-refractivity contribution is 6.02. The molecule has 0 saturated carbocycles. The van der Waals surface area contributed by atoms with E-state index in [1.165, 1.54) is 16.7 Å². The van der Waals surface area contributed by atoms with E-state index >= 15 is 0 Å². The van der Waals surface area contributed by atoms with Gasteiger partial charge in [-0.05, 0) is 54.8 Å². The highest BCUT2D eigenvalue weighted by Crippen LogP contribution is 2.38. The third-order valence-corrected chi connectivity index (χ3v) is 7.29. The summed E-state index contributed by atoms with van der Waals surface area (Å²) in [5.41, 5.74) is 2.54. The molecule has 2 aliphatic rings. The Balaban J connectivity index is 1.41. The van der Waals surface area contributed by atoms with Crippen LogP contribution in [-0.4, -0.2) is 65.9 Å². The monoisotopic (exact) mass is 571 g/mol. The maximum Gasteiger partial charge on any atom is 0.337 e. The summed E-state index contributed by atoms with van der Waals surface area (Å²) in [6.45, 7) is 0.807. The molecule has 2 aliphatic heterocycles. The molecule has 3 aromatic carbocycles. The number of hydrogen-bond acceptors (Lipinski definition) is 9. The number of anilines is 1. The Hall–Kier alpha value is -4.97. The van der Waals surface area contributed by atoms with Crippen molar-refractivity contribution in [3.05, 3.63) is 77.9 Å². The summed E-state index contributed by atoms with van der Waals surface area (Å²) in [7, 11) is 1.30. The van der Waals surface area contributed by atoms with Gasteiger partial charge in [0, 0.05) is 24.9 Å². The summed E-state index contributed by atoms with van der Waals surface area (Å²) in [6.07, 6.45) is 1.66. The maximum absolute atomic E-state index is 14.2. The van der Waals surface area contributed by atoms with Gasteiger partial charge < -0.3 is 24.3 Å². The molecular formula is C30H29N5O7. The first kappa shape index (κ1) is 27.2. The van der Waals surface area contributed by atoms with Crippen molar-refractivity contribution in [1.29, 1.82) is 0 Å². The molecule has 0 radical (unpaired) electrons. The number of carbonyl (C=O) groups is 3.